The van der Waals surface area contributed by atoms with Crippen LogP contribution >= 0.6 is 23.1 Å². The standard InChI is InChI=1S/C39H34N4O6S2/c1-24-13-10-11-16-27(24)21-31(42-35(45)26-14-6-4-7-15-26)36(46)41-29-19-12-20-30(22-29)50-23-32(44)43-38-33(39(48)49-3)25(2)34(51-38)37(47)40-28-17-8-5-9-18-28/h4-22H,23H2,1-3H3,(H,40,47)(H,41,46)(H,42,45)(H,43,44)/b31-21-. The molecule has 5 aromatic rings. The van der Waals surface area contributed by atoms with Crippen LogP contribution in [0, 0.1) is 13.8 Å². The highest BCUT2D eigenvalue weighted by molar-refractivity contribution is 8.00. The van der Waals surface area contributed by atoms with Gasteiger partial charge in [-0.05, 0) is 79.1 Å². The Balaban J connectivity index is 1.27. The van der Waals surface area contributed by atoms with E-state index < -0.39 is 29.6 Å². The lowest BCUT2D eigenvalue weighted by atomic mass is 10.1. The number of esters is 1. The number of anilines is 3. The Bertz CT molecular complexity index is 2110. The van der Waals surface area contributed by atoms with Crippen LogP contribution in [-0.4, -0.2) is 42.5 Å². The summed E-state index contributed by atoms with van der Waals surface area (Å²) in [5.74, 6) is -2.50. The summed E-state index contributed by atoms with van der Waals surface area (Å²) in [6, 6.07) is 31.9. The SMILES string of the molecule is COC(=O)c1c(NC(=O)CSc2cccc(NC(=O)/C(=C/c3ccccc3C)NC(=O)c3ccccc3)c2)sc(C(=O)Nc2ccccc2)c1C. The van der Waals surface area contributed by atoms with Crippen LogP contribution in [-0.2, 0) is 14.3 Å². The van der Waals surface area contributed by atoms with Gasteiger partial charge in [-0.2, -0.15) is 0 Å². The van der Waals surface area contributed by atoms with E-state index in [2.05, 4.69) is 21.3 Å². The summed E-state index contributed by atoms with van der Waals surface area (Å²) in [4.78, 5) is 66.3. The van der Waals surface area contributed by atoms with Crippen molar-refractivity contribution in [2.24, 2.45) is 0 Å². The summed E-state index contributed by atoms with van der Waals surface area (Å²) in [6.07, 6.45) is 1.63. The fraction of sp³-hybridized carbons (Fsp3) is 0.103. The fourth-order valence-electron chi connectivity index (χ4n) is 4.90. The Hall–Kier alpha value is -5.98. The first-order chi connectivity index (χ1) is 24.6. The van der Waals surface area contributed by atoms with Crippen LogP contribution in [0.15, 0.2) is 120 Å². The van der Waals surface area contributed by atoms with Crippen LogP contribution in [0.5, 0.6) is 0 Å². The lowest BCUT2D eigenvalue weighted by Crippen LogP contribution is -2.30. The van der Waals surface area contributed by atoms with Crippen molar-refractivity contribution in [3.05, 3.63) is 148 Å². The molecular weight excluding hydrogens is 685 g/mol. The minimum Gasteiger partial charge on any atom is -0.465 e. The molecule has 4 amide bonds. The van der Waals surface area contributed by atoms with E-state index in [-0.39, 0.29) is 26.9 Å². The molecule has 0 saturated heterocycles. The Labute approximate surface area is 303 Å². The van der Waals surface area contributed by atoms with Gasteiger partial charge in [-0.1, -0.05) is 66.7 Å². The van der Waals surface area contributed by atoms with Crippen molar-refractivity contribution in [2.75, 3.05) is 28.8 Å². The maximum atomic E-state index is 13.5. The van der Waals surface area contributed by atoms with Crippen molar-refractivity contribution in [1.29, 1.82) is 0 Å². The topological polar surface area (TPSA) is 143 Å². The quantitative estimate of drug-likeness (QED) is 0.0593. The van der Waals surface area contributed by atoms with Crippen LogP contribution in [0.1, 0.15) is 47.1 Å². The molecule has 5 rings (SSSR count). The largest absolute Gasteiger partial charge is 0.465 e. The molecular formula is C39H34N4O6S2. The third kappa shape index (κ3) is 9.59. The van der Waals surface area contributed by atoms with Gasteiger partial charge in [-0.15, -0.1) is 23.1 Å². The number of nitrogens with one attached hydrogen (secondary N) is 4. The molecule has 258 valence electrons. The number of methoxy groups -OCH3 is 1. The molecule has 0 spiro atoms. The minimum absolute atomic E-state index is 0.0356. The second-order valence-corrected chi connectivity index (χ2v) is 13.2. The number of hydrogen-bond acceptors (Lipinski definition) is 8. The smallest absolute Gasteiger partial charge is 0.341 e. The number of amides is 4. The first-order valence-corrected chi connectivity index (χ1v) is 17.5. The highest BCUT2D eigenvalue weighted by Gasteiger charge is 2.26. The van der Waals surface area contributed by atoms with Crippen LogP contribution < -0.4 is 21.3 Å². The van der Waals surface area contributed by atoms with Gasteiger partial charge in [0.1, 0.15) is 10.7 Å². The number of thioether (sulfide) groups is 1. The Morgan fingerprint density at radius 2 is 1.41 bits per heavy atom. The first-order valence-electron chi connectivity index (χ1n) is 15.7. The van der Waals surface area contributed by atoms with Gasteiger partial charge in [-0.3, -0.25) is 19.2 Å². The van der Waals surface area contributed by atoms with E-state index in [1.165, 1.54) is 18.9 Å². The number of ether oxygens (including phenoxy) is 1. The van der Waals surface area contributed by atoms with Crippen LogP contribution in [0.25, 0.3) is 6.08 Å². The van der Waals surface area contributed by atoms with E-state index >= 15 is 0 Å². The number of aryl methyl sites for hydroxylation is 1. The summed E-state index contributed by atoms with van der Waals surface area (Å²) < 4.78 is 4.94. The lowest BCUT2D eigenvalue weighted by Gasteiger charge is -2.13. The van der Waals surface area contributed by atoms with Crippen LogP contribution in [0.3, 0.4) is 0 Å². The number of thiophene rings is 1. The lowest BCUT2D eigenvalue weighted by molar-refractivity contribution is -0.114. The predicted molar refractivity (Wildman–Crippen MR) is 202 cm³/mol. The van der Waals surface area contributed by atoms with Crippen molar-refractivity contribution in [3.8, 4) is 0 Å². The summed E-state index contributed by atoms with van der Waals surface area (Å²) in [7, 11) is 1.23. The number of carbonyl (C=O) groups excluding carboxylic acids is 5. The average Bonchev–Trinajstić information content (AvgIpc) is 3.46. The van der Waals surface area contributed by atoms with Crippen molar-refractivity contribution in [1.82, 2.24) is 5.32 Å². The zero-order valence-corrected chi connectivity index (χ0v) is 29.6. The molecule has 12 heteroatoms. The highest BCUT2D eigenvalue weighted by atomic mass is 32.2. The van der Waals surface area contributed by atoms with Gasteiger partial charge in [-0.25, -0.2) is 4.79 Å². The molecule has 4 N–H and O–H groups in total. The van der Waals surface area contributed by atoms with Gasteiger partial charge in [0.2, 0.25) is 5.91 Å². The number of carbonyl (C=O) groups is 5. The zero-order chi connectivity index (χ0) is 36.3. The average molecular weight is 719 g/mol. The molecule has 0 radical (unpaired) electrons. The van der Waals surface area contributed by atoms with Gasteiger partial charge >= 0.3 is 5.97 Å². The molecule has 0 fully saturated rings. The molecule has 4 aromatic carbocycles. The van der Waals surface area contributed by atoms with E-state index in [9.17, 15) is 24.0 Å². The van der Waals surface area contributed by atoms with Crippen molar-refractivity contribution in [3.63, 3.8) is 0 Å². The van der Waals surface area contributed by atoms with Gasteiger partial charge in [0.15, 0.2) is 0 Å². The van der Waals surface area contributed by atoms with E-state index in [1.54, 1.807) is 91.9 Å². The molecule has 0 saturated carbocycles. The number of rotatable bonds is 12. The molecule has 1 heterocycles. The molecule has 51 heavy (non-hydrogen) atoms. The van der Waals surface area contributed by atoms with E-state index in [4.69, 9.17) is 4.74 Å². The van der Waals surface area contributed by atoms with Gasteiger partial charge in [0.05, 0.1) is 23.3 Å². The number of benzene rings is 4. The summed E-state index contributed by atoms with van der Waals surface area (Å²) in [5.41, 5.74) is 3.70. The van der Waals surface area contributed by atoms with Gasteiger partial charge < -0.3 is 26.0 Å². The van der Waals surface area contributed by atoms with E-state index in [0.717, 1.165) is 22.5 Å². The third-order valence-electron chi connectivity index (χ3n) is 7.51. The maximum absolute atomic E-state index is 13.5. The molecule has 0 atom stereocenters. The monoisotopic (exact) mass is 718 g/mol. The molecule has 0 bridgehead atoms. The predicted octanol–water partition coefficient (Wildman–Crippen LogP) is 7.54. The van der Waals surface area contributed by atoms with Crippen molar-refractivity contribution < 1.29 is 28.7 Å². The van der Waals surface area contributed by atoms with Crippen LogP contribution in [0.2, 0.25) is 0 Å². The second-order valence-electron chi connectivity index (χ2n) is 11.1. The second kappa shape index (κ2) is 17.1. The Morgan fingerprint density at radius 3 is 2.12 bits per heavy atom. The van der Waals surface area contributed by atoms with Crippen molar-refractivity contribution >= 4 is 75.1 Å². The van der Waals surface area contributed by atoms with Gasteiger partial charge in [0.25, 0.3) is 17.7 Å². The first kappa shape index (κ1) is 36.3. The normalized spacial score (nSPS) is 10.9. The Kier molecular flexibility index (Phi) is 12.2. The maximum Gasteiger partial charge on any atom is 0.341 e. The van der Waals surface area contributed by atoms with Gasteiger partial charge in [0, 0.05) is 21.8 Å². The molecule has 1 aromatic heterocycles. The minimum atomic E-state index is -0.676. The Morgan fingerprint density at radius 1 is 0.745 bits per heavy atom. The summed E-state index contributed by atoms with van der Waals surface area (Å²) in [5, 5.41) is 11.4. The number of para-hydroxylation sites is 1. The molecule has 0 aliphatic rings. The van der Waals surface area contributed by atoms with E-state index in [1.807, 2.05) is 37.3 Å². The molecule has 0 aliphatic carbocycles. The highest BCUT2D eigenvalue weighted by Crippen LogP contribution is 2.35. The van der Waals surface area contributed by atoms with E-state index in [0.29, 0.717) is 27.4 Å². The summed E-state index contributed by atoms with van der Waals surface area (Å²) in [6.45, 7) is 3.54. The van der Waals surface area contributed by atoms with Crippen molar-refractivity contribution in [2.45, 2.75) is 18.7 Å². The molecule has 10 nitrogen and oxygen atoms in total. The summed E-state index contributed by atoms with van der Waals surface area (Å²) >= 11 is 2.20. The molecule has 0 unspecified atom stereocenters. The molecule has 0 aliphatic heterocycles. The van der Waals surface area contributed by atoms with Crippen LogP contribution in [0.4, 0.5) is 16.4 Å². The fourth-order valence-corrected chi connectivity index (χ4v) is 6.76. The zero-order valence-electron chi connectivity index (χ0n) is 27.9. The number of hydrogen-bond donors (Lipinski definition) is 4. The third-order valence-corrected chi connectivity index (χ3v) is 9.71.